The molecule has 166 valence electrons. The van der Waals surface area contributed by atoms with Gasteiger partial charge in [-0.1, -0.05) is 18.2 Å². The third-order valence-electron chi connectivity index (χ3n) is 6.21. The maximum atomic E-state index is 13.1. The SMILES string of the molecule is CCOc1cccc(CNC(=O)C2CCN(S(=O)(=O)c3ccc4c(c3)CCC4)CC2)c1. The zero-order valence-corrected chi connectivity index (χ0v) is 18.8. The molecule has 1 fully saturated rings. The molecule has 2 aliphatic rings. The minimum atomic E-state index is -3.51. The highest BCUT2D eigenvalue weighted by molar-refractivity contribution is 7.89. The van der Waals surface area contributed by atoms with Crippen molar-refractivity contribution in [1.82, 2.24) is 9.62 Å². The zero-order valence-electron chi connectivity index (χ0n) is 18.0. The highest BCUT2D eigenvalue weighted by atomic mass is 32.2. The second kappa shape index (κ2) is 9.40. The Balaban J connectivity index is 1.32. The van der Waals surface area contributed by atoms with Gasteiger partial charge >= 0.3 is 0 Å². The van der Waals surface area contributed by atoms with Crippen molar-refractivity contribution in [1.29, 1.82) is 0 Å². The minimum Gasteiger partial charge on any atom is -0.494 e. The molecular weight excluding hydrogens is 412 g/mol. The van der Waals surface area contributed by atoms with Crippen LogP contribution in [-0.2, 0) is 34.2 Å². The van der Waals surface area contributed by atoms with Gasteiger partial charge in [-0.05, 0) is 80.0 Å². The summed E-state index contributed by atoms with van der Waals surface area (Å²) in [6.07, 6.45) is 4.15. The molecule has 4 rings (SSSR count). The fourth-order valence-corrected chi connectivity index (χ4v) is 5.98. The third kappa shape index (κ3) is 4.93. The minimum absolute atomic E-state index is 0.0172. The van der Waals surface area contributed by atoms with Gasteiger partial charge < -0.3 is 10.1 Å². The molecule has 2 aromatic rings. The van der Waals surface area contributed by atoms with Gasteiger partial charge in [-0.2, -0.15) is 4.31 Å². The number of piperidine rings is 1. The van der Waals surface area contributed by atoms with Gasteiger partial charge in [0.25, 0.3) is 0 Å². The summed E-state index contributed by atoms with van der Waals surface area (Å²) in [5, 5.41) is 2.99. The number of ether oxygens (including phenoxy) is 1. The molecule has 0 aromatic heterocycles. The lowest BCUT2D eigenvalue weighted by Crippen LogP contribution is -2.42. The second-order valence-corrected chi connectivity index (χ2v) is 10.2. The van der Waals surface area contributed by atoms with Crippen LogP contribution in [0.5, 0.6) is 5.75 Å². The number of carbonyl (C=O) groups excluding carboxylic acids is 1. The number of amides is 1. The van der Waals surface area contributed by atoms with Crippen LogP contribution in [0.4, 0.5) is 0 Å². The highest BCUT2D eigenvalue weighted by Crippen LogP contribution is 2.28. The molecule has 1 aliphatic heterocycles. The molecule has 1 saturated heterocycles. The summed E-state index contributed by atoms with van der Waals surface area (Å²) in [6.45, 7) is 3.72. The molecule has 0 saturated carbocycles. The Morgan fingerprint density at radius 2 is 1.87 bits per heavy atom. The number of hydrogen-bond acceptors (Lipinski definition) is 4. The molecule has 7 heteroatoms. The average molecular weight is 443 g/mol. The first kappa shape index (κ1) is 21.8. The van der Waals surface area contributed by atoms with E-state index in [1.54, 1.807) is 6.07 Å². The Kier molecular flexibility index (Phi) is 6.62. The average Bonchev–Trinajstić information content (AvgIpc) is 3.26. The van der Waals surface area contributed by atoms with Crippen LogP contribution in [-0.4, -0.2) is 38.3 Å². The predicted octanol–water partition coefficient (Wildman–Crippen LogP) is 3.29. The monoisotopic (exact) mass is 442 g/mol. The van der Waals surface area contributed by atoms with Crippen LogP contribution >= 0.6 is 0 Å². The van der Waals surface area contributed by atoms with E-state index in [4.69, 9.17) is 4.74 Å². The van der Waals surface area contributed by atoms with E-state index in [9.17, 15) is 13.2 Å². The molecule has 31 heavy (non-hydrogen) atoms. The number of rotatable bonds is 7. The van der Waals surface area contributed by atoms with Crippen molar-refractivity contribution >= 4 is 15.9 Å². The largest absolute Gasteiger partial charge is 0.494 e. The lowest BCUT2D eigenvalue weighted by molar-refractivity contribution is -0.126. The van der Waals surface area contributed by atoms with Gasteiger partial charge in [0.1, 0.15) is 5.75 Å². The van der Waals surface area contributed by atoms with Crippen LogP contribution in [0.3, 0.4) is 0 Å². The molecule has 0 bridgehead atoms. The molecule has 1 heterocycles. The van der Waals surface area contributed by atoms with Crippen molar-refractivity contribution in [3.8, 4) is 5.75 Å². The summed E-state index contributed by atoms with van der Waals surface area (Å²) in [5.74, 6) is 0.609. The van der Waals surface area contributed by atoms with E-state index in [0.717, 1.165) is 36.1 Å². The van der Waals surface area contributed by atoms with Gasteiger partial charge in [0.2, 0.25) is 15.9 Å². The third-order valence-corrected chi connectivity index (χ3v) is 8.10. The number of aryl methyl sites for hydroxylation is 2. The Hall–Kier alpha value is -2.38. The van der Waals surface area contributed by atoms with E-state index >= 15 is 0 Å². The number of carbonyl (C=O) groups is 1. The van der Waals surface area contributed by atoms with E-state index in [1.807, 2.05) is 43.3 Å². The molecule has 1 N–H and O–H groups in total. The molecule has 1 amide bonds. The molecular formula is C24H30N2O4S. The van der Waals surface area contributed by atoms with Crippen LogP contribution < -0.4 is 10.1 Å². The van der Waals surface area contributed by atoms with Gasteiger partial charge in [0, 0.05) is 25.6 Å². The highest BCUT2D eigenvalue weighted by Gasteiger charge is 2.32. The van der Waals surface area contributed by atoms with Crippen LogP contribution in [0.25, 0.3) is 0 Å². The van der Waals surface area contributed by atoms with Crippen molar-refractivity contribution in [2.45, 2.75) is 50.5 Å². The topological polar surface area (TPSA) is 75.7 Å². The van der Waals surface area contributed by atoms with E-state index < -0.39 is 10.0 Å². The number of nitrogens with zero attached hydrogens (tertiary/aromatic N) is 1. The summed E-state index contributed by atoms with van der Waals surface area (Å²) in [4.78, 5) is 13.0. The van der Waals surface area contributed by atoms with Gasteiger partial charge in [0.15, 0.2) is 0 Å². The van der Waals surface area contributed by atoms with Crippen molar-refractivity contribution in [2.24, 2.45) is 5.92 Å². The van der Waals surface area contributed by atoms with Crippen LogP contribution in [0.1, 0.15) is 42.9 Å². The fraction of sp³-hybridized carbons (Fsp3) is 0.458. The number of benzene rings is 2. The summed E-state index contributed by atoms with van der Waals surface area (Å²) in [6, 6.07) is 13.2. The number of sulfonamides is 1. The van der Waals surface area contributed by atoms with Gasteiger partial charge in [-0.15, -0.1) is 0 Å². The molecule has 0 radical (unpaired) electrons. The second-order valence-electron chi connectivity index (χ2n) is 8.26. The van der Waals surface area contributed by atoms with E-state index in [2.05, 4.69) is 5.32 Å². The zero-order chi connectivity index (χ0) is 21.8. The smallest absolute Gasteiger partial charge is 0.243 e. The van der Waals surface area contributed by atoms with Crippen molar-refractivity contribution in [3.05, 3.63) is 59.2 Å². The molecule has 0 unspecified atom stereocenters. The van der Waals surface area contributed by atoms with Crippen molar-refractivity contribution < 1.29 is 17.9 Å². The fourth-order valence-electron chi connectivity index (χ4n) is 4.46. The lowest BCUT2D eigenvalue weighted by atomic mass is 9.97. The molecule has 0 spiro atoms. The maximum Gasteiger partial charge on any atom is 0.243 e. The number of fused-ring (bicyclic) bond motifs is 1. The summed E-state index contributed by atoms with van der Waals surface area (Å²) < 4.78 is 33.2. The predicted molar refractivity (Wildman–Crippen MR) is 119 cm³/mol. The first-order valence-corrected chi connectivity index (χ1v) is 12.5. The first-order valence-electron chi connectivity index (χ1n) is 11.1. The standard InChI is InChI=1S/C24H30N2O4S/c1-2-30-22-8-3-5-18(15-22)17-25-24(27)20-11-13-26(14-12-20)31(28,29)23-10-9-19-6-4-7-21(19)16-23/h3,5,8-10,15-16,20H,2,4,6-7,11-14,17H2,1H3,(H,25,27). The molecule has 1 aliphatic carbocycles. The molecule has 6 nitrogen and oxygen atoms in total. The Labute approximate surface area is 184 Å². The number of nitrogens with one attached hydrogen (secondary N) is 1. The maximum absolute atomic E-state index is 13.1. The van der Waals surface area contributed by atoms with Crippen molar-refractivity contribution in [3.63, 3.8) is 0 Å². The molecule has 2 aromatic carbocycles. The first-order chi connectivity index (χ1) is 15.0. The Morgan fingerprint density at radius 1 is 1.10 bits per heavy atom. The number of hydrogen-bond donors (Lipinski definition) is 1. The summed E-state index contributed by atoms with van der Waals surface area (Å²) in [7, 11) is -3.51. The normalized spacial score (nSPS) is 17.3. The van der Waals surface area contributed by atoms with Crippen LogP contribution in [0, 0.1) is 5.92 Å². The van der Waals surface area contributed by atoms with Crippen molar-refractivity contribution in [2.75, 3.05) is 19.7 Å². The van der Waals surface area contributed by atoms with Gasteiger partial charge in [-0.3, -0.25) is 4.79 Å². The lowest BCUT2D eigenvalue weighted by Gasteiger charge is -2.30. The Bertz CT molecular complexity index is 1040. The van der Waals surface area contributed by atoms with E-state index in [-0.39, 0.29) is 11.8 Å². The Morgan fingerprint density at radius 3 is 2.65 bits per heavy atom. The molecule has 0 atom stereocenters. The quantitative estimate of drug-likeness (QED) is 0.714. The summed E-state index contributed by atoms with van der Waals surface area (Å²) in [5.41, 5.74) is 3.40. The van der Waals surface area contributed by atoms with Gasteiger partial charge in [-0.25, -0.2) is 8.42 Å². The van der Waals surface area contributed by atoms with E-state index in [1.165, 1.54) is 9.87 Å². The van der Waals surface area contributed by atoms with Crippen LogP contribution in [0.2, 0.25) is 0 Å². The van der Waals surface area contributed by atoms with Gasteiger partial charge in [0.05, 0.1) is 11.5 Å². The van der Waals surface area contributed by atoms with E-state index in [0.29, 0.717) is 44.0 Å². The van der Waals surface area contributed by atoms with Crippen LogP contribution in [0.15, 0.2) is 47.4 Å². The summed E-state index contributed by atoms with van der Waals surface area (Å²) >= 11 is 0.